The first-order valence-corrected chi connectivity index (χ1v) is 5.61. The van der Waals surface area contributed by atoms with Crippen molar-refractivity contribution in [2.75, 3.05) is 0 Å². The van der Waals surface area contributed by atoms with Crippen molar-refractivity contribution < 1.29 is 0 Å². The highest BCUT2D eigenvalue weighted by atomic mass is 35.5. The Morgan fingerprint density at radius 1 is 1.19 bits per heavy atom. The monoisotopic (exact) mass is 256 g/mol. The number of rotatable bonds is 3. The largest absolute Gasteiger partial charge is 0.402 e. The van der Waals surface area contributed by atoms with E-state index in [1.54, 1.807) is 19.9 Å². The summed E-state index contributed by atoms with van der Waals surface area (Å²) in [6.45, 7) is 3.51. The normalized spacial score (nSPS) is 12.2. The molecule has 3 N–H and O–H groups in total. The van der Waals surface area contributed by atoms with Crippen molar-refractivity contribution in [3.63, 3.8) is 0 Å². The molecule has 0 aliphatic rings. The molecule has 0 aliphatic heterocycles. The predicted octanol–water partition coefficient (Wildman–Crippen LogP) is 3.81. The van der Waals surface area contributed by atoms with Gasteiger partial charge in [-0.25, -0.2) is 0 Å². The molecule has 1 aromatic carbocycles. The summed E-state index contributed by atoms with van der Waals surface area (Å²) in [5.74, 6) is 0. The standard InChI is InChI=1S/C12H14Cl2N2/c1-7(15)12(8(2)16)5-9-3-10(13)6-11(14)4-9/h3-4,6,15H,5,16H2,1-2H3/b12-8-,15-7?. The van der Waals surface area contributed by atoms with E-state index in [2.05, 4.69) is 0 Å². The summed E-state index contributed by atoms with van der Waals surface area (Å²) in [7, 11) is 0. The Kier molecular flexibility index (Phi) is 4.39. The molecule has 0 bridgehead atoms. The molecule has 0 saturated heterocycles. The van der Waals surface area contributed by atoms with E-state index in [4.69, 9.17) is 34.3 Å². The Morgan fingerprint density at radius 2 is 1.69 bits per heavy atom. The van der Waals surface area contributed by atoms with Gasteiger partial charge in [0.15, 0.2) is 0 Å². The van der Waals surface area contributed by atoms with Crippen molar-refractivity contribution in [2.45, 2.75) is 20.3 Å². The molecule has 86 valence electrons. The first-order chi connectivity index (χ1) is 7.40. The Bertz CT molecular complexity index is 426. The van der Waals surface area contributed by atoms with Gasteiger partial charge >= 0.3 is 0 Å². The van der Waals surface area contributed by atoms with E-state index in [-0.39, 0.29) is 0 Å². The minimum Gasteiger partial charge on any atom is -0.402 e. The van der Waals surface area contributed by atoms with Gasteiger partial charge in [-0.15, -0.1) is 0 Å². The molecule has 0 saturated carbocycles. The molecule has 1 aromatic rings. The molecule has 0 spiro atoms. The Morgan fingerprint density at radius 3 is 2.06 bits per heavy atom. The van der Waals surface area contributed by atoms with E-state index in [0.717, 1.165) is 11.1 Å². The van der Waals surface area contributed by atoms with Crippen molar-refractivity contribution >= 4 is 28.9 Å². The lowest BCUT2D eigenvalue weighted by molar-refractivity contribution is 1.13. The Labute approximate surface area is 106 Å². The highest BCUT2D eigenvalue weighted by Gasteiger charge is 2.06. The van der Waals surface area contributed by atoms with Gasteiger partial charge in [0.25, 0.3) is 0 Å². The van der Waals surface area contributed by atoms with Crippen molar-refractivity contribution in [1.82, 2.24) is 0 Å². The van der Waals surface area contributed by atoms with Crippen LogP contribution in [0.25, 0.3) is 0 Å². The van der Waals surface area contributed by atoms with E-state index >= 15 is 0 Å². The van der Waals surface area contributed by atoms with Gasteiger partial charge < -0.3 is 11.1 Å². The quantitative estimate of drug-likeness (QED) is 0.795. The summed E-state index contributed by atoms with van der Waals surface area (Å²) in [5, 5.41) is 8.83. The number of nitrogens with one attached hydrogen (secondary N) is 1. The third-order valence-electron chi connectivity index (χ3n) is 2.23. The van der Waals surface area contributed by atoms with Crippen LogP contribution in [0.5, 0.6) is 0 Å². The fraction of sp³-hybridized carbons (Fsp3) is 0.250. The SMILES string of the molecule is CC(=N)/C(Cc1cc(Cl)cc(Cl)c1)=C(/C)N. The van der Waals surface area contributed by atoms with Crippen molar-refractivity contribution in [1.29, 1.82) is 5.41 Å². The predicted molar refractivity (Wildman–Crippen MR) is 70.5 cm³/mol. The van der Waals surface area contributed by atoms with E-state index in [1.165, 1.54) is 0 Å². The molecule has 0 fully saturated rings. The summed E-state index contributed by atoms with van der Waals surface area (Å²) in [6.07, 6.45) is 0.581. The fourth-order valence-electron chi connectivity index (χ4n) is 1.48. The zero-order valence-electron chi connectivity index (χ0n) is 9.27. The average Bonchev–Trinajstić information content (AvgIpc) is 2.11. The molecule has 0 unspecified atom stereocenters. The van der Waals surface area contributed by atoms with Gasteiger partial charge in [0.05, 0.1) is 0 Å². The second-order valence-electron chi connectivity index (χ2n) is 3.74. The minimum atomic E-state index is 0.469. The minimum absolute atomic E-state index is 0.469. The highest BCUT2D eigenvalue weighted by molar-refractivity contribution is 6.34. The number of hydrogen-bond acceptors (Lipinski definition) is 2. The van der Waals surface area contributed by atoms with Gasteiger partial charge in [-0.05, 0) is 43.2 Å². The van der Waals surface area contributed by atoms with E-state index < -0.39 is 0 Å². The second-order valence-corrected chi connectivity index (χ2v) is 4.61. The first kappa shape index (κ1) is 13.1. The van der Waals surface area contributed by atoms with Crippen LogP contribution in [0, 0.1) is 5.41 Å². The van der Waals surface area contributed by atoms with Crippen LogP contribution in [0.4, 0.5) is 0 Å². The molecule has 0 atom stereocenters. The number of halogens is 2. The molecule has 4 heteroatoms. The molecule has 0 radical (unpaired) electrons. The fourth-order valence-corrected chi connectivity index (χ4v) is 2.06. The molecule has 0 aromatic heterocycles. The maximum atomic E-state index is 7.63. The van der Waals surface area contributed by atoms with Crippen molar-refractivity contribution in [2.24, 2.45) is 5.73 Å². The summed E-state index contributed by atoms with van der Waals surface area (Å²) in [5.41, 5.74) is 8.64. The van der Waals surface area contributed by atoms with Crippen LogP contribution in [0.1, 0.15) is 19.4 Å². The second kappa shape index (κ2) is 5.37. The first-order valence-electron chi connectivity index (χ1n) is 4.86. The summed E-state index contributed by atoms with van der Waals surface area (Å²) < 4.78 is 0. The molecule has 0 amide bonds. The Balaban J connectivity index is 3.04. The van der Waals surface area contributed by atoms with Gasteiger partial charge in [0, 0.05) is 27.9 Å². The van der Waals surface area contributed by atoms with Crippen LogP contribution in [-0.4, -0.2) is 5.71 Å². The zero-order chi connectivity index (χ0) is 12.3. The smallest absolute Gasteiger partial charge is 0.0423 e. The summed E-state index contributed by atoms with van der Waals surface area (Å²) in [4.78, 5) is 0. The maximum absolute atomic E-state index is 7.63. The van der Waals surface area contributed by atoms with Crippen LogP contribution >= 0.6 is 23.2 Å². The van der Waals surface area contributed by atoms with Gasteiger partial charge in [0.2, 0.25) is 0 Å². The number of nitrogens with two attached hydrogens (primary N) is 1. The van der Waals surface area contributed by atoms with Crippen LogP contribution < -0.4 is 5.73 Å². The van der Waals surface area contributed by atoms with Crippen LogP contribution in [0.2, 0.25) is 10.0 Å². The topological polar surface area (TPSA) is 49.9 Å². The number of allylic oxidation sites excluding steroid dienone is 2. The van der Waals surface area contributed by atoms with Crippen molar-refractivity contribution in [3.05, 3.63) is 45.1 Å². The van der Waals surface area contributed by atoms with Crippen molar-refractivity contribution in [3.8, 4) is 0 Å². The third-order valence-corrected chi connectivity index (χ3v) is 2.67. The Hall–Kier alpha value is -0.990. The number of hydrogen-bond donors (Lipinski definition) is 2. The van der Waals surface area contributed by atoms with Gasteiger partial charge in [0.1, 0.15) is 0 Å². The molecule has 2 nitrogen and oxygen atoms in total. The van der Waals surface area contributed by atoms with Gasteiger partial charge in [-0.3, -0.25) is 0 Å². The van der Waals surface area contributed by atoms with Gasteiger partial charge in [-0.2, -0.15) is 0 Å². The lowest BCUT2D eigenvalue weighted by Crippen LogP contribution is -2.08. The van der Waals surface area contributed by atoms with Crippen LogP contribution in [0.15, 0.2) is 29.5 Å². The third kappa shape index (κ3) is 3.54. The maximum Gasteiger partial charge on any atom is 0.0423 e. The van der Waals surface area contributed by atoms with Crippen LogP contribution in [-0.2, 0) is 6.42 Å². The molecule has 0 aliphatic carbocycles. The van der Waals surface area contributed by atoms with Crippen LogP contribution in [0.3, 0.4) is 0 Å². The molecule has 16 heavy (non-hydrogen) atoms. The molecule has 0 heterocycles. The number of benzene rings is 1. The lowest BCUT2D eigenvalue weighted by Gasteiger charge is -2.09. The molecular formula is C12H14Cl2N2. The molecule has 1 rings (SSSR count). The average molecular weight is 257 g/mol. The summed E-state index contributed by atoms with van der Waals surface area (Å²) in [6, 6.07) is 5.35. The highest BCUT2D eigenvalue weighted by Crippen LogP contribution is 2.21. The van der Waals surface area contributed by atoms with E-state index in [9.17, 15) is 0 Å². The lowest BCUT2D eigenvalue weighted by atomic mass is 10.0. The summed E-state index contributed by atoms with van der Waals surface area (Å²) >= 11 is 11.8. The van der Waals surface area contributed by atoms with Gasteiger partial charge in [-0.1, -0.05) is 23.2 Å². The van der Waals surface area contributed by atoms with E-state index in [0.29, 0.717) is 27.9 Å². The van der Waals surface area contributed by atoms with E-state index in [1.807, 2.05) is 12.1 Å². The molecular weight excluding hydrogens is 243 g/mol. The zero-order valence-corrected chi connectivity index (χ0v) is 10.8.